The molecule has 12 heteroatoms. The highest BCUT2D eigenvalue weighted by Crippen LogP contribution is 2.31. The number of benzene rings is 3. The fraction of sp³-hybridized carbons (Fsp3) is 0.412. The van der Waals surface area contributed by atoms with Crippen molar-refractivity contribution in [2.24, 2.45) is 0 Å². The Morgan fingerprint density at radius 2 is 1.72 bits per heavy atom. The third-order valence-electron chi connectivity index (χ3n) is 8.39. The van der Waals surface area contributed by atoms with Crippen molar-refractivity contribution in [1.82, 2.24) is 35.4 Å². The maximum atomic E-state index is 14.3. The first-order valence-corrected chi connectivity index (χ1v) is 15.7. The van der Waals surface area contributed by atoms with E-state index in [1.807, 2.05) is 67.2 Å². The Bertz CT molecular complexity index is 1560. The average molecular weight is 630 g/mol. The first kappa shape index (κ1) is 32.7. The molecule has 5 rings (SSSR count). The lowest BCUT2D eigenvalue weighted by Gasteiger charge is -2.46. The summed E-state index contributed by atoms with van der Waals surface area (Å²) < 4.78 is 5.41. The summed E-state index contributed by atoms with van der Waals surface area (Å²) >= 11 is 0. The van der Waals surface area contributed by atoms with E-state index in [2.05, 4.69) is 16.7 Å². The lowest BCUT2D eigenvalue weighted by molar-refractivity contribution is -0.157. The van der Waals surface area contributed by atoms with Crippen LogP contribution < -0.4 is 15.4 Å². The van der Waals surface area contributed by atoms with Gasteiger partial charge < -0.3 is 30.1 Å². The molecule has 2 saturated heterocycles. The predicted octanol–water partition coefficient (Wildman–Crippen LogP) is 2.88. The van der Waals surface area contributed by atoms with Crippen LogP contribution in [0.4, 0.5) is 9.59 Å². The van der Waals surface area contributed by atoms with E-state index in [0.29, 0.717) is 38.3 Å². The van der Waals surface area contributed by atoms with Crippen molar-refractivity contribution >= 4 is 34.7 Å². The van der Waals surface area contributed by atoms with Gasteiger partial charge in [-0.2, -0.15) is 5.01 Å². The van der Waals surface area contributed by atoms with Gasteiger partial charge in [-0.3, -0.25) is 14.6 Å². The summed E-state index contributed by atoms with van der Waals surface area (Å²) in [6, 6.07) is 20.0. The number of nitrogens with one attached hydrogen (secondary N) is 2. The van der Waals surface area contributed by atoms with Crippen LogP contribution in [0, 0.1) is 0 Å². The summed E-state index contributed by atoms with van der Waals surface area (Å²) in [5, 5.41) is 10.9. The molecule has 0 bridgehead atoms. The van der Waals surface area contributed by atoms with Gasteiger partial charge in [-0.1, -0.05) is 61.5 Å². The molecule has 0 aliphatic carbocycles. The highest BCUT2D eigenvalue weighted by molar-refractivity contribution is 5.92. The maximum absolute atomic E-state index is 14.3. The number of hydrogen-bond donors (Lipinski definition) is 2. The number of amides is 5. The largest absolute Gasteiger partial charge is 0.412 e. The molecule has 12 nitrogen and oxygen atoms in total. The van der Waals surface area contributed by atoms with Crippen LogP contribution in [0.5, 0.6) is 5.75 Å². The second-order valence-electron chi connectivity index (χ2n) is 11.9. The maximum Gasteiger partial charge on any atom is 0.412 e. The molecule has 2 N–H and O–H groups in total. The van der Waals surface area contributed by atoms with Gasteiger partial charge in [-0.25, -0.2) is 9.59 Å². The lowest BCUT2D eigenvalue weighted by Crippen LogP contribution is -2.66. The molecule has 0 unspecified atom stereocenters. The zero-order valence-corrected chi connectivity index (χ0v) is 26.9. The number of ether oxygens (including phenoxy) is 1. The van der Waals surface area contributed by atoms with E-state index in [9.17, 15) is 19.2 Å². The fourth-order valence-corrected chi connectivity index (χ4v) is 6.16. The van der Waals surface area contributed by atoms with Crippen molar-refractivity contribution in [2.45, 2.75) is 38.5 Å². The van der Waals surface area contributed by atoms with Crippen LogP contribution >= 0.6 is 0 Å². The van der Waals surface area contributed by atoms with Crippen LogP contribution in [0.2, 0.25) is 0 Å². The molecule has 2 aliphatic rings. The van der Waals surface area contributed by atoms with Gasteiger partial charge >= 0.3 is 12.1 Å². The van der Waals surface area contributed by atoms with Gasteiger partial charge in [-0.15, -0.1) is 0 Å². The normalized spacial score (nSPS) is 18.2. The Hall–Kier alpha value is -4.68. The van der Waals surface area contributed by atoms with Gasteiger partial charge in [0.1, 0.15) is 18.0 Å². The van der Waals surface area contributed by atoms with E-state index >= 15 is 0 Å². The summed E-state index contributed by atoms with van der Waals surface area (Å²) in [5.74, 6) is 0.0234. The first-order valence-electron chi connectivity index (χ1n) is 15.7. The third kappa shape index (κ3) is 7.24. The monoisotopic (exact) mass is 629 g/mol. The van der Waals surface area contributed by atoms with E-state index in [-0.39, 0.29) is 37.4 Å². The minimum atomic E-state index is -0.777. The zero-order chi connectivity index (χ0) is 32.8. The molecule has 0 spiro atoms. The summed E-state index contributed by atoms with van der Waals surface area (Å²) in [6.07, 6.45) is -0.0825. The van der Waals surface area contributed by atoms with E-state index in [1.54, 1.807) is 46.2 Å². The number of hydrazine groups is 1. The van der Waals surface area contributed by atoms with Crippen molar-refractivity contribution in [3.8, 4) is 5.75 Å². The quantitative estimate of drug-likeness (QED) is 0.335. The minimum Gasteiger partial charge on any atom is -0.410 e. The van der Waals surface area contributed by atoms with Crippen molar-refractivity contribution in [3.63, 3.8) is 0 Å². The van der Waals surface area contributed by atoms with Crippen LogP contribution in [-0.2, 0) is 22.6 Å². The van der Waals surface area contributed by atoms with Crippen LogP contribution in [0.15, 0.2) is 66.7 Å². The van der Waals surface area contributed by atoms with Gasteiger partial charge in [0, 0.05) is 39.6 Å². The number of rotatable bonds is 11. The Morgan fingerprint density at radius 3 is 2.43 bits per heavy atom. The molecule has 244 valence electrons. The van der Waals surface area contributed by atoms with Crippen LogP contribution in [0.25, 0.3) is 10.8 Å². The lowest BCUT2D eigenvalue weighted by atomic mass is 9.99. The molecule has 2 heterocycles. The van der Waals surface area contributed by atoms with Crippen molar-refractivity contribution in [2.75, 3.05) is 53.9 Å². The molecule has 5 amide bonds. The van der Waals surface area contributed by atoms with E-state index < -0.39 is 18.3 Å². The van der Waals surface area contributed by atoms with Crippen LogP contribution in [0.3, 0.4) is 0 Å². The average Bonchev–Trinajstić information content (AvgIpc) is 3.37. The van der Waals surface area contributed by atoms with Gasteiger partial charge in [-0.05, 0) is 54.5 Å². The number of likely N-dealkylation sites (N-methyl/N-ethyl adjacent to an activating group) is 1. The molecule has 2 atom stereocenters. The number of nitrogens with zero attached hydrogens (tertiary/aromatic N) is 5. The highest BCUT2D eigenvalue weighted by atomic mass is 16.6. The molecule has 0 radical (unpaired) electrons. The van der Waals surface area contributed by atoms with E-state index in [0.717, 1.165) is 21.9 Å². The molecule has 0 saturated carbocycles. The zero-order valence-electron chi connectivity index (χ0n) is 26.9. The van der Waals surface area contributed by atoms with Crippen LogP contribution in [-0.4, -0.2) is 115 Å². The van der Waals surface area contributed by atoms with Crippen molar-refractivity contribution in [1.29, 1.82) is 0 Å². The van der Waals surface area contributed by atoms with Gasteiger partial charge in [0.25, 0.3) is 0 Å². The molecule has 3 aromatic carbocycles. The predicted molar refractivity (Wildman–Crippen MR) is 175 cm³/mol. The molecule has 2 fully saturated rings. The SMILES string of the molecule is CCCN(C(=O)NC)N1CC(=O)N2[C@@H](Cc3ccc(OC(=O)NCCN(C)C)cc3)C(=O)N(Cc3cccc4ccccc34)C[C@@H]21. The number of piperazine rings is 1. The number of carbonyl (C=O) groups excluding carboxylic acids is 4. The first-order chi connectivity index (χ1) is 22.2. The minimum absolute atomic E-state index is 0.000311. The van der Waals surface area contributed by atoms with Gasteiger partial charge in [0.05, 0.1) is 13.1 Å². The molecule has 46 heavy (non-hydrogen) atoms. The smallest absolute Gasteiger partial charge is 0.410 e. The summed E-state index contributed by atoms with van der Waals surface area (Å²) in [6.45, 7) is 4.19. The summed E-state index contributed by atoms with van der Waals surface area (Å²) in [7, 11) is 5.41. The number of hydrogen-bond acceptors (Lipinski definition) is 7. The number of urea groups is 1. The van der Waals surface area contributed by atoms with Crippen molar-refractivity contribution < 1.29 is 23.9 Å². The van der Waals surface area contributed by atoms with Crippen LogP contribution in [0.1, 0.15) is 24.5 Å². The Morgan fingerprint density at radius 1 is 0.978 bits per heavy atom. The molecule has 3 aromatic rings. The van der Waals surface area contributed by atoms with E-state index in [4.69, 9.17) is 4.74 Å². The van der Waals surface area contributed by atoms with Gasteiger partial charge in [0.15, 0.2) is 0 Å². The van der Waals surface area contributed by atoms with E-state index in [1.165, 1.54) is 0 Å². The van der Waals surface area contributed by atoms with Crippen molar-refractivity contribution in [3.05, 3.63) is 77.9 Å². The molecular formula is C34H43N7O5. The van der Waals surface area contributed by atoms with Gasteiger partial charge in [0.2, 0.25) is 11.8 Å². The summed E-state index contributed by atoms with van der Waals surface area (Å²) in [5.41, 5.74) is 1.82. The summed E-state index contributed by atoms with van der Waals surface area (Å²) in [4.78, 5) is 58.4. The second kappa shape index (κ2) is 14.6. The molecule has 0 aromatic heterocycles. The third-order valence-corrected chi connectivity index (χ3v) is 8.39. The molecular weight excluding hydrogens is 586 g/mol. The number of carbonyl (C=O) groups is 4. The fourth-order valence-electron chi connectivity index (χ4n) is 6.16. The number of fused-ring (bicyclic) bond motifs is 2. The topological polar surface area (TPSA) is 118 Å². The second-order valence-corrected chi connectivity index (χ2v) is 11.9. The Balaban J connectivity index is 1.41. The standard InChI is InChI=1S/C34H43N7O5/c1-5-18-39(33(44)35-2)40-23-31(42)41-29(20-24-13-15-27(16-14-24)46-34(45)36-17-19-37(3)4)32(43)38(22-30(40)41)21-26-11-8-10-25-9-6-7-12-28(25)26/h6-16,29-30H,5,17-23H2,1-4H3,(H,35,44)(H,36,45)/t29-,30+/m0/s1. The highest BCUT2D eigenvalue weighted by Gasteiger charge is 2.52. The molecule has 2 aliphatic heterocycles. The Kier molecular flexibility index (Phi) is 10.4. The Labute approximate surface area is 269 Å².